The van der Waals surface area contributed by atoms with Crippen LogP contribution in [0.3, 0.4) is 0 Å². The molecule has 1 saturated heterocycles. The zero-order valence-electron chi connectivity index (χ0n) is 12.3. The molecule has 0 aliphatic carbocycles. The Hall–Kier alpha value is -1.12. The van der Waals surface area contributed by atoms with Gasteiger partial charge in [0.1, 0.15) is 11.9 Å². The third-order valence-electron chi connectivity index (χ3n) is 3.30. The van der Waals surface area contributed by atoms with Crippen LogP contribution in [0.2, 0.25) is 0 Å². The minimum Gasteiger partial charge on any atom is -0.368 e. The monoisotopic (exact) mass is 306 g/mol. The van der Waals surface area contributed by atoms with Crippen molar-refractivity contribution in [3.63, 3.8) is 0 Å². The second-order valence-corrected chi connectivity index (χ2v) is 5.56. The summed E-state index contributed by atoms with van der Waals surface area (Å²) >= 11 is 0. The Balaban J connectivity index is 1.90. The van der Waals surface area contributed by atoms with Crippen molar-refractivity contribution in [1.82, 2.24) is 19.8 Å². The summed E-state index contributed by atoms with van der Waals surface area (Å²) in [5.74, 6) is 0.684. The third kappa shape index (κ3) is 5.29. The predicted octanol–water partition coefficient (Wildman–Crippen LogP) is 1.80. The topological polar surface area (TPSA) is 44.4 Å². The fraction of sp³-hybridized carbons (Fsp3) is 0.769. The van der Waals surface area contributed by atoms with Gasteiger partial charge < -0.3 is 14.6 Å². The molecule has 5 nitrogen and oxygen atoms in total. The van der Waals surface area contributed by atoms with Crippen molar-refractivity contribution in [3.8, 4) is 0 Å². The molecule has 2 heterocycles. The first-order valence-corrected chi connectivity index (χ1v) is 6.93. The zero-order chi connectivity index (χ0) is 15.5. The molecule has 1 aromatic heterocycles. The van der Waals surface area contributed by atoms with Crippen molar-refractivity contribution in [2.75, 3.05) is 40.3 Å². The van der Waals surface area contributed by atoms with Crippen molar-refractivity contribution in [3.05, 3.63) is 17.7 Å². The van der Waals surface area contributed by atoms with Gasteiger partial charge in [0.05, 0.1) is 13.0 Å². The van der Waals surface area contributed by atoms with Crippen molar-refractivity contribution < 1.29 is 17.9 Å². The maximum absolute atomic E-state index is 12.3. The van der Waals surface area contributed by atoms with Crippen LogP contribution in [0.4, 0.5) is 13.2 Å². The number of aromatic amines is 1. The molecule has 0 amide bonds. The van der Waals surface area contributed by atoms with E-state index in [-0.39, 0.29) is 12.6 Å². The van der Waals surface area contributed by atoms with E-state index in [1.807, 2.05) is 19.0 Å². The SMILES string of the molecule is CN(C)Cc1cnc([C@@H]2CN(CCC(F)(F)F)CCO2)[nH]1. The molecule has 1 aliphatic rings. The van der Waals surface area contributed by atoms with Crippen LogP contribution in [-0.4, -0.2) is 66.3 Å². The highest BCUT2D eigenvalue weighted by Crippen LogP contribution is 2.23. The van der Waals surface area contributed by atoms with Gasteiger partial charge in [-0.2, -0.15) is 13.2 Å². The van der Waals surface area contributed by atoms with Gasteiger partial charge in [0.2, 0.25) is 0 Å². The van der Waals surface area contributed by atoms with E-state index < -0.39 is 12.6 Å². The van der Waals surface area contributed by atoms with E-state index in [1.54, 1.807) is 11.1 Å². The van der Waals surface area contributed by atoms with E-state index in [1.165, 1.54) is 0 Å². The Labute approximate surface area is 122 Å². The lowest BCUT2D eigenvalue weighted by atomic mass is 10.2. The number of halogens is 3. The van der Waals surface area contributed by atoms with E-state index in [9.17, 15) is 13.2 Å². The van der Waals surface area contributed by atoms with Gasteiger partial charge in [-0.15, -0.1) is 0 Å². The van der Waals surface area contributed by atoms with Gasteiger partial charge in [-0.3, -0.25) is 4.90 Å². The standard InChI is InChI=1S/C13H21F3N4O/c1-19(2)8-10-7-17-12(18-10)11-9-20(5-6-21-11)4-3-13(14,15)16/h7,11H,3-6,8-9H2,1-2H3,(H,17,18)/t11-/m0/s1. The molecule has 0 radical (unpaired) electrons. The van der Waals surface area contributed by atoms with Gasteiger partial charge >= 0.3 is 6.18 Å². The average Bonchev–Trinajstić information content (AvgIpc) is 2.83. The Bertz CT molecular complexity index is 447. The minimum absolute atomic E-state index is 0.00856. The van der Waals surface area contributed by atoms with Crippen LogP contribution in [0.1, 0.15) is 24.0 Å². The van der Waals surface area contributed by atoms with E-state index in [4.69, 9.17) is 4.74 Å². The summed E-state index contributed by atoms with van der Waals surface area (Å²) in [6.07, 6.45) is -3.45. The molecule has 21 heavy (non-hydrogen) atoms. The molecule has 0 unspecified atom stereocenters. The van der Waals surface area contributed by atoms with E-state index >= 15 is 0 Å². The van der Waals surface area contributed by atoms with Crippen LogP contribution in [-0.2, 0) is 11.3 Å². The molecule has 0 spiro atoms. The summed E-state index contributed by atoms with van der Waals surface area (Å²) in [7, 11) is 3.91. The fourth-order valence-electron chi connectivity index (χ4n) is 2.32. The summed E-state index contributed by atoms with van der Waals surface area (Å²) in [5.41, 5.74) is 0.964. The van der Waals surface area contributed by atoms with E-state index in [0.717, 1.165) is 12.2 Å². The summed E-state index contributed by atoms with van der Waals surface area (Å²) in [4.78, 5) is 11.2. The quantitative estimate of drug-likeness (QED) is 0.901. The number of morpholine rings is 1. The summed E-state index contributed by atoms with van der Waals surface area (Å²) in [6, 6.07) is 0. The molecule has 1 aliphatic heterocycles. The number of hydrogen-bond donors (Lipinski definition) is 1. The number of nitrogens with one attached hydrogen (secondary N) is 1. The van der Waals surface area contributed by atoms with E-state index in [0.29, 0.717) is 25.5 Å². The highest BCUT2D eigenvalue weighted by molar-refractivity contribution is 5.04. The molecular formula is C13H21F3N4O. The number of alkyl halides is 3. The number of nitrogens with zero attached hydrogens (tertiary/aromatic N) is 3. The van der Waals surface area contributed by atoms with Gasteiger partial charge in [-0.1, -0.05) is 0 Å². The lowest BCUT2D eigenvalue weighted by Crippen LogP contribution is -2.40. The molecule has 1 N–H and O–H groups in total. The van der Waals surface area contributed by atoms with Gasteiger partial charge in [0.25, 0.3) is 0 Å². The molecule has 1 fully saturated rings. The highest BCUT2D eigenvalue weighted by atomic mass is 19.4. The maximum atomic E-state index is 12.3. The molecule has 120 valence electrons. The number of rotatable bonds is 5. The molecule has 0 saturated carbocycles. The lowest BCUT2D eigenvalue weighted by Gasteiger charge is -2.32. The summed E-state index contributed by atoms with van der Waals surface area (Å²) in [6.45, 7) is 2.13. The normalized spacial score (nSPS) is 21.1. The number of hydrogen-bond acceptors (Lipinski definition) is 4. The maximum Gasteiger partial charge on any atom is 0.390 e. The van der Waals surface area contributed by atoms with Gasteiger partial charge in [-0.25, -0.2) is 4.98 Å². The van der Waals surface area contributed by atoms with Crippen LogP contribution in [0, 0.1) is 0 Å². The summed E-state index contributed by atoms with van der Waals surface area (Å²) < 4.78 is 42.4. The highest BCUT2D eigenvalue weighted by Gasteiger charge is 2.30. The Kier molecular flexibility index (Phi) is 5.23. The van der Waals surface area contributed by atoms with Crippen LogP contribution in [0.5, 0.6) is 0 Å². The largest absolute Gasteiger partial charge is 0.390 e. The lowest BCUT2D eigenvalue weighted by molar-refractivity contribution is -0.142. The number of imidazole rings is 1. The Morgan fingerprint density at radius 2 is 2.24 bits per heavy atom. The van der Waals surface area contributed by atoms with E-state index in [2.05, 4.69) is 9.97 Å². The first-order valence-electron chi connectivity index (χ1n) is 6.93. The van der Waals surface area contributed by atoms with Gasteiger partial charge in [0, 0.05) is 38.1 Å². The van der Waals surface area contributed by atoms with Crippen LogP contribution >= 0.6 is 0 Å². The summed E-state index contributed by atoms with van der Waals surface area (Å²) in [5, 5.41) is 0. The first-order chi connectivity index (χ1) is 9.83. The molecule has 1 atom stereocenters. The van der Waals surface area contributed by atoms with Crippen LogP contribution < -0.4 is 0 Å². The second kappa shape index (κ2) is 6.76. The minimum atomic E-state index is -4.11. The molecule has 2 rings (SSSR count). The van der Waals surface area contributed by atoms with Crippen molar-refractivity contribution in [1.29, 1.82) is 0 Å². The zero-order valence-corrected chi connectivity index (χ0v) is 12.3. The third-order valence-corrected chi connectivity index (χ3v) is 3.30. The molecule has 8 heteroatoms. The molecule has 0 bridgehead atoms. The number of H-pyrrole nitrogens is 1. The Morgan fingerprint density at radius 3 is 2.90 bits per heavy atom. The molecule has 0 aromatic carbocycles. The second-order valence-electron chi connectivity index (χ2n) is 5.56. The van der Waals surface area contributed by atoms with Gasteiger partial charge in [-0.05, 0) is 14.1 Å². The van der Waals surface area contributed by atoms with Crippen molar-refractivity contribution >= 4 is 0 Å². The van der Waals surface area contributed by atoms with Crippen molar-refractivity contribution in [2.24, 2.45) is 0 Å². The molecular weight excluding hydrogens is 285 g/mol. The predicted molar refractivity (Wildman–Crippen MR) is 71.8 cm³/mol. The average molecular weight is 306 g/mol. The number of aromatic nitrogens is 2. The molecule has 1 aromatic rings. The van der Waals surface area contributed by atoms with Crippen molar-refractivity contribution in [2.45, 2.75) is 25.2 Å². The van der Waals surface area contributed by atoms with Crippen LogP contribution in [0.25, 0.3) is 0 Å². The Morgan fingerprint density at radius 1 is 1.48 bits per heavy atom. The van der Waals surface area contributed by atoms with Crippen LogP contribution in [0.15, 0.2) is 6.20 Å². The fourth-order valence-corrected chi connectivity index (χ4v) is 2.32. The number of ether oxygens (including phenoxy) is 1. The first kappa shape index (κ1) is 16.3. The smallest absolute Gasteiger partial charge is 0.368 e. The van der Waals surface area contributed by atoms with Gasteiger partial charge in [0.15, 0.2) is 0 Å².